The van der Waals surface area contributed by atoms with Crippen LogP contribution in [0.2, 0.25) is 5.02 Å². The Morgan fingerprint density at radius 3 is 2.81 bits per heavy atom. The average molecular weight is 312 g/mol. The van der Waals surface area contributed by atoms with Crippen molar-refractivity contribution >= 4 is 28.9 Å². The molecule has 0 heterocycles. The molecule has 1 aliphatic carbocycles. The number of nitrogens with two attached hydrogens (primary N) is 1. The zero-order chi connectivity index (χ0) is 15.6. The van der Waals surface area contributed by atoms with Crippen LogP contribution < -0.4 is 11.1 Å². The van der Waals surface area contributed by atoms with Crippen LogP contribution in [0.25, 0.3) is 0 Å². The fraction of sp³-hybridized carbons (Fsp3) is 0.500. The molecule has 0 aromatic heterocycles. The Bertz CT molecular complexity index is 577. The van der Waals surface area contributed by atoms with E-state index in [9.17, 15) is 14.9 Å². The average Bonchev–Trinajstić information content (AvgIpc) is 2.84. The first kappa shape index (κ1) is 15.6. The number of amides is 1. The Morgan fingerprint density at radius 1 is 1.52 bits per heavy atom. The maximum absolute atomic E-state index is 12.2. The number of hydrogen-bond acceptors (Lipinski definition) is 4. The molecular weight excluding hydrogens is 294 g/mol. The Kier molecular flexibility index (Phi) is 4.67. The van der Waals surface area contributed by atoms with Gasteiger partial charge in [0.25, 0.3) is 11.6 Å². The quantitative estimate of drug-likeness (QED) is 0.507. The number of nitro groups is 1. The van der Waals surface area contributed by atoms with Gasteiger partial charge in [0.05, 0.1) is 21.2 Å². The molecule has 0 spiro atoms. The van der Waals surface area contributed by atoms with Crippen LogP contribution in [0.1, 0.15) is 36.5 Å². The molecule has 0 bridgehead atoms. The predicted molar refractivity (Wildman–Crippen MR) is 81.4 cm³/mol. The van der Waals surface area contributed by atoms with Crippen LogP contribution in [0.15, 0.2) is 12.1 Å². The first-order valence-electron chi connectivity index (χ1n) is 6.91. The minimum Gasteiger partial charge on any atom is -0.397 e. The summed E-state index contributed by atoms with van der Waals surface area (Å²) in [5.41, 5.74) is 5.63. The Balaban J connectivity index is 2.13. The van der Waals surface area contributed by atoms with Crippen molar-refractivity contribution in [2.75, 3.05) is 12.3 Å². The molecule has 2 atom stereocenters. The van der Waals surface area contributed by atoms with Crippen LogP contribution >= 0.6 is 11.6 Å². The molecule has 1 amide bonds. The molecule has 0 saturated heterocycles. The van der Waals surface area contributed by atoms with Crippen LogP contribution in [-0.4, -0.2) is 17.4 Å². The third kappa shape index (κ3) is 3.44. The van der Waals surface area contributed by atoms with E-state index in [1.54, 1.807) is 0 Å². The lowest BCUT2D eigenvalue weighted by Gasteiger charge is -2.16. The molecule has 1 fully saturated rings. The van der Waals surface area contributed by atoms with Gasteiger partial charge in [-0.1, -0.05) is 31.4 Å². The molecule has 0 radical (unpaired) electrons. The van der Waals surface area contributed by atoms with E-state index >= 15 is 0 Å². The zero-order valence-electron chi connectivity index (χ0n) is 11.8. The van der Waals surface area contributed by atoms with Gasteiger partial charge in [-0.05, 0) is 18.3 Å². The van der Waals surface area contributed by atoms with E-state index in [0.717, 1.165) is 18.6 Å². The van der Waals surface area contributed by atoms with Crippen molar-refractivity contribution in [2.45, 2.75) is 26.2 Å². The molecular formula is C14H18ClN3O3. The van der Waals surface area contributed by atoms with Crippen molar-refractivity contribution < 1.29 is 9.72 Å². The Labute approximate surface area is 127 Å². The number of non-ortho nitro benzene ring substituents is 1. The molecule has 2 rings (SSSR count). The van der Waals surface area contributed by atoms with E-state index in [1.165, 1.54) is 12.8 Å². The summed E-state index contributed by atoms with van der Waals surface area (Å²) in [6.07, 6.45) is 3.43. The molecule has 0 aliphatic heterocycles. The van der Waals surface area contributed by atoms with E-state index in [1.807, 2.05) is 0 Å². The van der Waals surface area contributed by atoms with Crippen LogP contribution in [-0.2, 0) is 0 Å². The molecule has 7 heteroatoms. The number of hydrogen-bond donors (Lipinski definition) is 2. The molecule has 6 nitrogen and oxygen atoms in total. The number of anilines is 1. The van der Waals surface area contributed by atoms with E-state index in [0.29, 0.717) is 18.4 Å². The fourth-order valence-electron chi connectivity index (χ4n) is 2.74. The Hall–Kier alpha value is -1.82. The van der Waals surface area contributed by atoms with Crippen molar-refractivity contribution in [3.05, 3.63) is 32.8 Å². The first-order chi connectivity index (χ1) is 9.90. The van der Waals surface area contributed by atoms with E-state index in [-0.39, 0.29) is 22.0 Å². The topological polar surface area (TPSA) is 98.3 Å². The lowest BCUT2D eigenvalue weighted by Crippen LogP contribution is -2.30. The van der Waals surface area contributed by atoms with Gasteiger partial charge in [0.15, 0.2) is 0 Å². The number of carbonyl (C=O) groups excluding carboxylic acids is 1. The number of nitrogen functional groups attached to an aromatic ring is 1. The molecule has 1 aromatic rings. The normalized spacial score (nSPS) is 21.2. The minimum absolute atomic E-state index is 0.0172. The number of nitrogens with one attached hydrogen (secondary N) is 1. The lowest BCUT2D eigenvalue weighted by molar-refractivity contribution is -0.384. The van der Waals surface area contributed by atoms with E-state index < -0.39 is 10.8 Å². The van der Waals surface area contributed by atoms with Gasteiger partial charge in [-0.3, -0.25) is 14.9 Å². The van der Waals surface area contributed by atoms with Gasteiger partial charge in [0, 0.05) is 18.7 Å². The van der Waals surface area contributed by atoms with Crippen molar-refractivity contribution in [1.29, 1.82) is 0 Å². The van der Waals surface area contributed by atoms with Gasteiger partial charge in [-0.2, -0.15) is 0 Å². The summed E-state index contributed by atoms with van der Waals surface area (Å²) in [6.45, 7) is 2.72. The molecule has 1 aliphatic rings. The third-order valence-electron chi connectivity index (χ3n) is 4.13. The van der Waals surface area contributed by atoms with Crippen LogP contribution in [0, 0.1) is 22.0 Å². The molecule has 2 unspecified atom stereocenters. The molecule has 21 heavy (non-hydrogen) atoms. The molecule has 114 valence electrons. The second kappa shape index (κ2) is 6.30. The second-order valence-electron chi connectivity index (χ2n) is 5.52. The Morgan fingerprint density at radius 2 is 2.24 bits per heavy atom. The van der Waals surface area contributed by atoms with Gasteiger partial charge in [0.2, 0.25) is 0 Å². The van der Waals surface area contributed by atoms with Gasteiger partial charge in [-0.25, -0.2) is 0 Å². The van der Waals surface area contributed by atoms with E-state index in [2.05, 4.69) is 12.2 Å². The van der Waals surface area contributed by atoms with Crippen molar-refractivity contribution in [1.82, 2.24) is 5.32 Å². The van der Waals surface area contributed by atoms with Crippen molar-refractivity contribution in [3.8, 4) is 0 Å². The van der Waals surface area contributed by atoms with Crippen molar-refractivity contribution in [2.24, 2.45) is 11.8 Å². The van der Waals surface area contributed by atoms with Crippen molar-refractivity contribution in [3.63, 3.8) is 0 Å². The molecule has 1 saturated carbocycles. The van der Waals surface area contributed by atoms with Crippen LogP contribution in [0.4, 0.5) is 11.4 Å². The molecule has 3 N–H and O–H groups in total. The summed E-state index contributed by atoms with van der Waals surface area (Å²) in [5, 5.41) is 13.6. The number of rotatable bonds is 4. The van der Waals surface area contributed by atoms with Crippen LogP contribution in [0.3, 0.4) is 0 Å². The number of halogens is 1. The van der Waals surface area contributed by atoms with Gasteiger partial charge in [0.1, 0.15) is 0 Å². The zero-order valence-corrected chi connectivity index (χ0v) is 12.5. The third-order valence-corrected chi connectivity index (χ3v) is 4.45. The fourth-order valence-corrected chi connectivity index (χ4v) is 2.95. The standard InChI is InChI=1S/C14H18ClN3O3/c1-8-3-2-4-9(8)7-17-14(19)11-5-10(18(20)21)6-12(15)13(11)16/h5-6,8-9H,2-4,7,16H2,1H3,(H,17,19). The SMILES string of the molecule is CC1CCCC1CNC(=O)c1cc([N+](=O)[O-])cc(Cl)c1N. The predicted octanol–water partition coefficient (Wildman–Crippen LogP) is 3.00. The minimum atomic E-state index is -0.596. The highest BCUT2D eigenvalue weighted by molar-refractivity contribution is 6.34. The summed E-state index contributed by atoms with van der Waals surface area (Å²) >= 11 is 5.85. The van der Waals surface area contributed by atoms with E-state index in [4.69, 9.17) is 17.3 Å². The summed E-state index contributed by atoms with van der Waals surface area (Å²) in [4.78, 5) is 22.4. The summed E-state index contributed by atoms with van der Waals surface area (Å²) in [7, 11) is 0. The largest absolute Gasteiger partial charge is 0.397 e. The van der Waals surface area contributed by atoms with Gasteiger partial charge < -0.3 is 11.1 Å². The van der Waals surface area contributed by atoms with Gasteiger partial charge >= 0.3 is 0 Å². The summed E-state index contributed by atoms with van der Waals surface area (Å²) < 4.78 is 0. The lowest BCUT2D eigenvalue weighted by atomic mass is 9.98. The molecule has 1 aromatic carbocycles. The number of benzene rings is 1. The highest BCUT2D eigenvalue weighted by Crippen LogP contribution is 2.31. The number of nitrogens with zero attached hydrogens (tertiary/aromatic N) is 1. The summed E-state index contributed by atoms with van der Waals surface area (Å²) in [5.74, 6) is 0.609. The maximum Gasteiger partial charge on any atom is 0.271 e. The maximum atomic E-state index is 12.2. The van der Waals surface area contributed by atoms with Gasteiger partial charge in [-0.15, -0.1) is 0 Å². The highest BCUT2D eigenvalue weighted by Gasteiger charge is 2.25. The second-order valence-corrected chi connectivity index (χ2v) is 5.93. The summed E-state index contributed by atoms with van der Waals surface area (Å²) in [6, 6.07) is 2.31. The van der Waals surface area contributed by atoms with Crippen LogP contribution in [0.5, 0.6) is 0 Å². The monoisotopic (exact) mass is 311 g/mol. The first-order valence-corrected chi connectivity index (χ1v) is 7.29. The number of nitro benzene ring substituents is 1. The smallest absolute Gasteiger partial charge is 0.271 e. The number of carbonyl (C=O) groups is 1. The highest BCUT2D eigenvalue weighted by atomic mass is 35.5.